The zero-order valence-electron chi connectivity index (χ0n) is 24.2. The van der Waals surface area contributed by atoms with Crippen molar-refractivity contribution in [2.75, 3.05) is 25.6 Å². The van der Waals surface area contributed by atoms with Crippen molar-refractivity contribution in [3.8, 4) is 5.75 Å². The van der Waals surface area contributed by atoms with Gasteiger partial charge < -0.3 is 30.1 Å². The smallest absolute Gasteiger partial charge is 0.258 e. The average Bonchev–Trinajstić information content (AvgIpc) is 3.58. The van der Waals surface area contributed by atoms with E-state index in [0.29, 0.717) is 18.9 Å². The topological polar surface area (TPSA) is 117 Å². The van der Waals surface area contributed by atoms with E-state index in [1.165, 1.54) is 16.7 Å². The number of amides is 3. The van der Waals surface area contributed by atoms with E-state index in [0.717, 1.165) is 29.5 Å². The highest BCUT2D eigenvalue weighted by Gasteiger charge is 2.49. The highest BCUT2D eigenvalue weighted by Crippen LogP contribution is 2.40. The largest absolute Gasteiger partial charge is 0.483 e. The Labute approximate surface area is 246 Å². The van der Waals surface area contributed by atoms with E-state index < -0.39 is 34.7 Å². The average molecular weight is 584 g/mol. The van der Waals surface area contributed by atoms with Crippen LogP contribution in [0.2, 0.25) is 0 Å². The molecule has 0 aliphatic carbocycles. The zero-order chi connectivity index (χ0) is 29.6. The lowest BCUT2D eigenvalue weighted by atomic mass is 9.97. The summed E-state index contributed by atoms with van der Waals surface area (Å²) in [6.45, 7) is 8.45. The van der Waals surface area contributed by atoms with Gasteiger partial charge in [0.05, 0.1) is 18.0 Å². The van der Waals surface area contributed by atoms with Gasteiger partial charge in [0.2, 0.25) is 5.91 Å². The maximum atomic E-state index is 13.8. The summed E-state index contributed by atoms with van der Waals surface area (Å²) in [5.41, 5.74) is 2.67. The van der Waals surface area contributed by atoms with Crippen molar-refractivity contribution in [2.24, 2.45) is 0 Å². The second-order valence-electron chi connectivity index (χ2n) is 11.3. The molecule has 0 radical (unpaired) electrons. The van der Waals surface area contributed by atoms with Crippen molar-refractivity contribution >= 4 is 29.5 Å². The van der Waals surface area contributed by atoms with E-state index in [1.807, 2.05) is 76.2 Å². The number of rotatable bonds is 11. The first-order valence-electron chi connectivity index (χ1n) is 14.1. The van der Waals surface area contributed by atoms with Gasteiger partial charge >= 0.3 is 0 Å². The van der Waals surface area contributed by atoms with E-state index in [1.54, 1.807) is 0 Å². The van der Waals surface area contributed by atoms with Gasteiger partial charge in [-0.25, -0.2) is 0 Å². The highest BCUT2D eigenvalue weighted by atomic mass is 32.2. The van der Waals surface area contributed by atoms with E-state index in [4.69, 9.17) is 9.47 Å². The van der Waals surface area contributed by atoms with Crippen molar-refractivity contribution in [1.82, 2.24) is 15.5 Å². The lowest BCUT2D eigenvalue weighted by molar-refractivity contribution is -0.148. The number of aliphatic hydroxyl groups is 1. The molecule has 3 amide bonds. The summed E-state index contributed by atoms with van der Waals surface area (Å²) >= 11 is 1.48. The predicted octanol–water partition coefficient (Wildman–Crippen LogP) is 2.75. The van der Waals surface area contributed by atoms with Crippen LogP contribution in [0.15, 0.2) is 48.5 Å². The van der Waals surface area contributed by atoms with Crippen LogP contribution in [0, 0.1) is 13.8 Å². The normalized spacial score (nSPS) is 21.2. The minimum Gasteiger partial charge on any atom is -0.483 e. The van der Waals surface area contributed by atoms with E-state index in [2.05, 4.69) is 10.6 Å². The number of aliphatic hydroxyl groups excluding tert-OH is 1. The Hall–Kier alpha value is -3.08. The molecule has 10 heteroatoms. The fraction of sp³-hybridized carbons (Fsp3) is 0.516. The van der Waals surface area contributed by atoms with Crippen molar-refractivity contribution in [3.63, 3.8) is 0 Å². The Kier molecular flexibility index (Phi) is 10.3. The molecule has 4 rings (SSSR count). The summed E-state index contributed by atoms with van der Waals surface area (Å²) < 4.78 is 10.9. The first kappa shape index (κ1) is 30.9. The molecule has 2 aromatic rings. The van der Waals surface area contributed by atoms with Crippen LogP contribution in [0.1, 0.15) is 43.4 Å². The number of hydrogen-bond donors (Lipinski definition) is 3. The summed E-state index contributed by atoms with van der Waals surface area (Å²) in [6.07, 6.45) is 0.484. The molecular formula is C31H41N3O6S. The number of nitrogens with zero attached hydrogens (tertiary/aromatic N) is 1. The molecule has 2 aliphatic heterocycles. The molecule has 4 atom stereocenters. The molecule has 2 aliphatic rings. The number of para-hydroxylation sites is 1. The zero-order valence-corrected chi connectivity index (χ0v) is 25.0. The van der Waals surface area contributed by atoms with Crippen LogP contribution in [0.5, 0.6) is 5.75 Å². The molecule has 2 aromatic carbocycles. The number of ether oxygens (including phenoxy) is 2. The van der Waals surface area contributed by atoms with Crippen LogP contribution in [-0.2, 0) is 25.5 Å². The molecule has 0 unspecified atom stereocenters. The molecule has 0 aromatic heterocycles. The monoisotopic (exact) mass is 583 g/mol. The fourth-order valence-corrected chi connectivity index (χ4v) is 6.53. The van der Waals surface area contributed by atoms with Crippen LogP contribution < -0.4 is 15.4 Å². The maximum Gasteiger partial charge on any atom is 0.258 e. The van der Waals surface area contributed by atoms with Gasteiger partial charge in [0, 0.05) is 17.9 Å². The summed E-state index contributed by atoms with van der Waals surface area (Å²) in [5, 5.41) is 17.2. The first-order valence-corrected chi connectivity index (χ1v) is 15.1. The van der Waals surface area contributed by atoms with Crippen molar-refractivity contribution in [1.29, 1.82) is 0 Å². The van der Waals surface area contributed by atoms with Crippen molar-refractivity contribution < 1.29 is 29.0 Å². The molecule has 0 saturated carbocycles. The van der Waals surface area contributed by atoms with Crippen molar-refractivity contribution in [3.05, 3.63) is 65.2 Å². The van der Waals surface area contributed by atoms with Crippen LogP contribution in [0.3, 0.4) is 0 Å². The number of nitrogens with one attached hydrogen (secondary N) is 2. The predicted molar refractivity (Wildman–Crippen MR) is 159 cm³/mol. The Bertz CT molecular complexity index is 1200. The number of benzene rings is 2. The second-order valence-corrected chi connectivity index (χ2v) is 12.9. The summed E-state index contributed by atoms with van der Waals surface area (Å²) in [7, 11) is 0. The molecule has 0 bridgehead atoms. The third-order valence-electron chi connectivity index (χ3n) is 7.64. The molecule has 222 valence electrons. The standard InChI is InChI=1S/C31H41N3O6S/c1-20-10-8-11-21(2)27(20)40-18-25(35)33-24(16-22-12-6-5-7-13-22)26(36)30(38)34-19-41-31(3,4)28(34)29(37)32-17-23-14-9-15-39-23/h5-8,10-13,23-24,26,28,36H,9,14-19H2,1-4H3,(H,32,37)(H,33,35)/t23-,24+,26+,28-/m1/s1. The van der Waals surface area contributed by atoms with Gasteiger partial charge in [-0.1, -0.05) is 48.5 Å². The Morgan fingerprint density at radius 3 is 2.49 bits per heavy atom. The minimum absolute atomic E-state index is 0.0259. The SMILES string of the molecule is Cc1cccc(C)c1OCC(=O)N[C@@H](Cc1ccccc1)[C@H](O)C(=O)N1CSC(C)(C)[C@H]1C(=O)NC[C@H]1CCCO1. The third-order valence-corrected chi connectivity index (χ3v) is 9.02. The first-order chi connectivity index (χ1) is 19.6. The van der Waals surface area contributed by atoms with Crippen LogP contribution in [0.25, 0.3) is 0 Å². The third kappa shape index (κ3) is 7.81. The van der Waals surface area contributed by atoms with E-state index >= 15 is 0 Å². The Balaban J connectivity index is 1.47. The lowest BCUT2D eigenvalue weighted by Crippen LogP contribution is -2.59. The number of aryl methyl sites for hydroxylation is 2. The van der Waals surface area contributed by atoms with Crippen molar-refractivity contribution in [2.45, 2.75) is 76.0 Å². The molecule has 41 heavy (non-hydrogen) atoms. The van der Waals surface area contributed by atoms with E-state index in [9.17, 15) is 19.5 Å². The summed E-state index contributed by atoms with van der Waals surface area (Å²) in [4.78, 5) is 41.5. The summed E-state index contributed by atoms with van der Waals surface area (Å²) in [5.74, 6) is -0.448. The second kappa shape index (κ2) is 13.7. The maximum absolute atomic E-state index is 13.8. The molecule has 2 heterocycles. The van der Waals surface area contributed by atoms with Gasteiger partial charge in [0.15, 0.2) is 12.7 Å². The lowest BCUT2D eigenvalue weighted by Gasteiger charge is -2.33. The number of carbonyl (C=O) groups is 3. The number of carbonyl (C=O) groups excluding carboxylic acids is 3. The van der Waals surface area contributed by atoms with Crippen LogP contribution in [-0.4, -0.2) is 82.4 Å². The quantitative estimate of drug-likeness (QED) is 0.373. The minimum atomic E-state index is -1.57. The van der Waals surface area contributed by atoms with Crippen LogP contribution in [0.4, 0.5) is 0 Å². The Morgan fingerprint density at radius 2 is 1.83 bits per heavy atom. The molecule has 3 N–H and O–H groups in total. The molecule has 2 saturated heterocycles. The van der Waals surface area contributed by atoms with Gasteiger partial charge in [0.1, 0.15) is 11.8 Å². The molecule has 0 spiro atoms. The Morgan fingerprint density at radius 1 is 1.12 bits per heavy atom. The molecular weight excluding hydrogens is 542 g/mol. The fourth-order valence-electron chi connectivity index (χ4n) is 5.39. The summed E-state index contributed by atoms with van der Waals surface area (Å²) in [6, 6.07) is 13.4. The van der Waals surface area contributed by atoms with Gasteiger partial charge in [-0.2, -0.15) is 0 Å². The highest BCUT2D eigenvalue weighted by molar-refractivity contribution is 8.00. The van der Waals surface area contributed by atoms with Gasteiger partial charge in [-0.15, -0.1) is 11.8 Å². The molecule has 9 nitrogen and oxygen atoms in total. The van der Waals surface area contributed by atoms with Gasteiger partial charge in [-0.3, -0.25) is 14.4 Å². The number of thioether (sulfide) groups is 1. The van der Waals surface area contributed by atoms with E-state index in [-0.39, 0.29) is 30.9 Å². The number of hydrogen-bond acceptors (Lipinski definition) is 7. The van der Waals surface area contributed by atoms with Gasteiger partial charge in [0.25, 0.3) is 11.8 Å². The molecule has 2 fully saturated rings. The van der Waals surface area contributed by atoms with Crippen LogP contribution >= 0.6 is 11.8 Å². The van der Waals surface area contributed by atoms with Gasteiger partial charge in [-0.05, 0) is 63.6 Å².